The monoisotopic (exact) mass is 229 g/mol. The minimum atomic E-state index is 0.594. The average Bonchev–Trinajstić information content (AvgIpc) is 2.74. The number of rotatable bonds is 4. The van der Waals surface area contributed by atoms with Gasteiger partial charge in [-0.1, -0.05) is 31.5 Å². The zero-order valence-corrected chi connectivity index (χ0v) is 10.9. The van der Waals surface area contributed by atoms with Crippen molar-refractivity contribution in [2.45, 2.75) is 52.0 Å². The molecule has 1 heteroatoms. The summed E-state index contributed by atoms with van der Waals surface area (Å²) in [5.41, 5.74) is 5.24. The van der Waals surface area contributed by atoms with Crippen LogP contribution in [0.4, 0.5) is 0 Å². The maximum atomic E-state index is 3.64. The highest BCUT2D eigenvalue weighted by Gasteiger charge is 2.30. The van der Waals surface area contributed by atoms with E-state index in [1.54, 1.807) is 11.1 Å². The maximum Gasteiger partial charge on any atom is 0.0205 e. The predicted octanol–water partition coefficient (Wildman–Crippen LogP) is 3.46. The molecule has 0 unspecified atom stereocenters. The van der Waals surface area contributed by atoms with E-state index in [0.29, 0.717) is 5.41 Å². The summed E-state index contributed by atoms with van der Waals surface area (Å²) in [6.07, 6.45) is 8.18. The zero-order chi connectivity index (χ0) is 11.7. The van der Waals surface area contributed by atoms with Gasteiger partial charge in [0.1, 0.15) is 0 Å². The number of fused-ring (bicyclic) bond motifs is 1. The Morgan fingerprint density at radius 3 is 2.71 bits per heavy atom. The highest BCUT2D eigenvalue weighted by atomic mass is 14.9. The first-order chi connectivity index (χ1) is 8.25. The van der Waals surface area contributed by atoms with E-state index in [-0.39, 0.29) is 0 Å². The molecule has 1 aromatic rings. The van der Waals surface area contributed by atoms with Crippen LogP contribution < -0.4 is 5.32 Å². The third-order valence-corrected chi connectivity index (χ3v) is 4.60. The summed E-state index contributed by atoms with van der Waals surface area (Å²) in [6, 6.07) is 7.06. The molecular formula is C16H23N. The number of nitrogens with one attached hydrogen (secondary N) is 1. The average molecular weight is 229 g/mol. The van der Waals surface area contributed by atoms with Gasteiger partial charge in [-0.05, 0) is 54.2 Å². The van der Waals surface area contributed by atoms with Crippen molar-refractivity contribution in [2.75, 3.05) is 6.54 Å². The lowest BCUT2D eigenvalue weighted by Gasteiger charge is -2.38. The molecule has 1 saturated carbocycles. The first-order valence-electron chi connectivity index (χ1n) is 7.07. The lowest BCUT2D eigenvalue weighted by atomic mass is 9.70. The fraction of sp³-hybridized carbons (Fsp3) is 0.625. The van der Waals surface area contributed by atoms with E-state index in [0.717, 1.165) is 6.54 Å². The number of hydrogen-bond acceptors (Lipinski definition) is 1. The van der Waals surface area contributed by atoms with Crippen molar-refractivity contribution in [3.8, 4) is 0 Å². The first kappa shape index (κ1) is 11.3. The molecule has 3 rings (SSSR count). The summed E-state index contributed by atoms with van der Waals surface area (Å²) in [5, 5.41) is 3.64. The molecule has 0 saturated heterocycles. The topological polar surface area (TPSA) is 12.0 Å². The van der Waals surface area contributed by atoms with Gasteiger partial charge in [0.2, 0.25) is 0 Å². The van der Waals surface area contributed by atoms with Crippen molar-refractivity contribution in [1.82, 2.24) is 5.32 Å². The van der Waals surface area contributed by atoms with E-state index >= 15 is 0 Å². The molecule has 1 nitrogen and oxygen atoms in total. The number of hydrogen-bond donors (Lipinski definition) is 1. The molecule has 0 aliphatic heterocycles. The van der Waals surface area contributed by atoms with Crippen LogP contribution in [0.1, 0.15) is 49.3 Å². The fourth-order valence-corrected chi connectivity index (χ4v) is 3.20. The summed E-state index contributed by atoms with van der Waals surface area (Å²) >= 11 is 0. The van der Waals surface area contributed by atoms with Gasteiger partial charge in [-0.15, -0.1) is 0 Å². The van der Waals surface area contributed by atoms with Gasteiger partial charge in [-0.3, -0.25) is 0 Å². The minimum Gasteiger partial charge on any atom is -0.312 e. The first-order valence-corrected chi connectivity index (χ1v) is 7.07. The van der Waals surface area contributed by atoms with Crippen LogP contribution in [0.15, 0.2) is 18.2 Å². The van der Waals surface area contributed by atoms with Crippen LogP contribution in [-0.4, -0.2) is 6.54 Å². The van der Waals surface area contributed by atoms with Gasteiger partial charge >= 0.3 is 0 Å². The Morgan fingerprint density at radius 1 is 1.12 bits per heavy atom. The Kier molecular flexibility index (Phi) is 2.96. The molecule has 0 aromatic heterocycles. The van der Waals surface area contributed by atoms with Crippen LogP contribution >= 0.6 is 0 Å². The third-order valence-electron chi connectivity index (χ3n) is 4.60. The number of aryl methyl sites for hydroxylation is 2. The Bertz CT molecular complexity index is 404. The quantitative estimate of drug-likeness (QED) is 0.834. The summed E-state index contributed by atoms with van der Waals surface area (Å²) < 4.78 is 0. The molecule has 1 N–H and O–H groups in total. The van der Waals surface area contributed by atoms with Crippen molar-refractivity contribution in [2.24, 2.45) is 5.41 Å². The van der Waals surface area contributed by atoms with E-state index in [2.05, 4.69) is 30.4 Å². The summed E-state index contributed by atoms with van der Waals surface area (Å²) in [5.74, 6) is 0. The Balaban J connectivity index is 1.54. The van der Waals surface area contributed by atoms with E-state index < -0.39 is 0 Å². The fourth-order valence-electron chi connectivity index (χ4n) is 3.20. The smallest absolute Gasteiger partial charge is 0.0205 e. The molecule has 0 heterocycles. The molecule has 0 spiro atoms. The van der Waals surface area contributed by atoms with Crippen LogP contribution in [0.25, 0.3) is 0 Å². The normalized spacial score (nSPS) is 21.0. The standard InChI is InChI=1S/C16H23N/c1-16(8-3-9-16)12-17-11-13-6-7-14-4-2-5-15(14)10-13/h6-7,10,17H,2-5,8-9,11-12H2,1H3. The van der Waals surface area contributed by atoms with Crippen molar-refractivity contribution >= 4 is 0 Å². The Hall–Kier alpha value is -0.820. The molecule has 2 aliphatic carbocycles. The molecule has 2 aliphatic rings. The van der Waals surface area contributed by atoms with Crippen LogP contribution in [0.3, 0.4) is 0 Å². The molecular weight excluding hydrogens is 206 g/mol. The van der Waals surface area contributed by atoms with E-state index in [1.807, 2.05) is 0 Å². The van der Waals surface area contributed by atoms with E-state index in [1.165, 1.54) is 50.6 Å². The SMILES string of the molecule is CC1(CNCc2ccc3c(c2)CCC3)CCC1. The summed E-state index contributed by atoms with van der Waals surface area (Å²) in [6.45, 7) is 4.64. The highest BCUT2D eigenvalue weighted by molar-refractivity contribution is 5.35. The molecule has 92 valence electrons. The van der Waals surface area contributed by atoms with E-state index in [4.69, 9.17) is 0 Å². The lowest BCUT2D eigenvalue weighted by molar-refractivity contribution is 0.156. The highest BCUT2D eigenvalue weighted by Crippen LogP contribution is 2.39. The third kappa shape index (κ3) is 2.40. The molecule has 17 heavy (non-hydrogen) atoms. The number of benzene rings is 1. The van der Waals surface area contributed by atoms with Crippen LogP contribution in [0.5, 0.6) is 0 Å². The van der Waals surface area contributed by atoms with Crippen molar-refractivity contribution in [3.05, 3.63) is 34.9 Å². The lowest BCUT2D eigenvalue weighted by Crippen LogP contribution is -2.36. The Morgan fingerprint density at radius 2 is 1.94 bits per heavy atom. The zero-order valence-electron chi connectivity index (χ0n) is 10.9. The van der Waals surface area contributed by atoms with Gasteiger partial charge in [-0.2, -0.15) is 0 Å². The molecule has 0 amide bonds. The van der Waals surface area contributed by atoms with Crippen LogP contribution in [-0.2, 0) is 19.4 Å². The van der Waals surface area contributed by atoms with Crippen molar-refractivity contribution in [3.63, 3.8) is 0 Å². The summed E-state index contributed by atoms with van der Waals surface area (Å²) in [4.78, 5) is 0. The second-order valence-corrected chi connectivity index (χ2v) is 6.22. The van der Waals surface area contributed by atoms with Crippen LogP contribution in [0.2, 0.25) is 0 Å². The van der Waals surface area contributed by atoms with E-state index in [9.17, 15) is 0 Å². The van der Waals surface area contributed by atoms with Gasteiger partial charge in [0.25, 0.3) is 0 Å². The van der Waals surface area contributed by atoms with Gasteiger partial charge in [0.05, 0.1) is 0 Å². The predicted molar refractivity (Wildman–Crippen MR) is 72.1 cm³/mol. The van der Waals surface area contributed by atoms with Gasteiger partial charge in [0, 0.05) is 13.1 Å². The summed E-state index contributed by atoms with van der Waals surface area (Å²) in [7, 11) is 0. The second-order valence-electron chi connectivity index (χ2n) is 6.22. The molecule has 1 aromatic carbocycles. The minimum absolute atomic E-state index is 0.594. The van der Waals surface area contributed by atoms with Gasteiger partial charge in [0.15, 0.2) is 0 Å². The molecule has 1 fully saturated rings. The molecule has 0 bridgehead atoms. The van der Waals surface area contributed by atoms with Gasteiger partial charge in [-0.25, -0.2) is 0 Å². The largest absolute Gasteiger partial charge is 0.312 e. The Labute approximate surface area is 105 Å². The second kappa shape index (κ2) is 4.45. The molecule has 0 atom stereocenters. The van der Waals surface area contributed by atoms with Crippen molar-refractivity contribution < 1.29 is 0 Å². The molecule has 0 radical (unpaired) electrons. The maximum absolute atomic E-state index is 3.64. The van der Waals surface area contributed by atoms with Gasteiger partial charge < -0.3 is 5.32 Å². The van der Waals surface area contributed by atoms with Crippen LogP contribution in [0, 0.1) is 5.41 Å². The van der Waals surface area contributed by atoms with Crippen molar-refractivity contribution in [1.29, 1.82) is 0 Å².